The molecule has 0 aromatic heterocycles. The summed E-state index contributed by atoms with van der Waals surface area (Å²) in [5.41, 5.74) is 3.73. The third kappa shape index (κ3) is 4.87. The molecule has 2 aromatic rings. The lowest BCUT2D eigenvalue weighted by Gasteiger charge is -2.21. The summed E-state index contributed by atoms with van der Waals surface area (Å²) >= 11 is 1.59. The van der Waals surface area contributed by atoms with E-state index < -0.39 is 0 Å². The minimum Gasteiger partial charge on any atom is -0.348 e. The Kier molecular flexibility index (Phi) is 6.28. The molecule has 0 saturated heterocycles. The van der Waals surface area contributed by atoms with Crippen molar-refractivity contribution in [1.29, 1.82) is 0 Å². The normalized spacial score (nSPS) is 13.4. The van der Waals surface area contributed by atoms with E-state index in [4.69, 9.17) is 0 Å². The van der Waals surface area contributed by atoms with Gasteiger partial charge in [0, 0.05) is 4.90 Å². The van der Waals surface area contributed by atoms with Gasteiger partial charge in [-0.3, -0.25) is 4.79 Å². The van der Waals surface area contributed by atoms with E-state index in [0.717, 1.165) is 11.3 Å². The molecule has 0 saturated carbocycles. The predicted molar refractivity (Wildman–Crippen MR) is 98.9 cm³/mol. The molecule has 0 radical (unpaired) electrons. The van der Waals surface area contributed by atoms with Gasteiger partial charge in [0.05, 0.1) is 11.3 Å². The van der Waals surface area contributed by atoms with Crippen LogP contribution in [0.1, 0.15) is 43.0 Å². The average molecular weight is 327 g/mol. The zero-order valence-corrected chi connectivity index (χ0v) is 15.1. The average Bonchev–Trinajstić information content (AvgIpc) is 2.56. The van der Waals surface area contributed by atoms with Gasteiger partial charge in [-0.15, -0.1) is 11.8 Å². The third-order valence-electron chi connectivity index (χ3n) is 4.08. The molecule has 3 heteroatoms. The summed E-state index contributed by atoms with van der Waals surface area (Å²) in [4.78, 5) is 13.6. The van der Waals surface area contributed by atoms with E-state index >= 15 is 0 Å². The van der Waals surface area contributed by atoms with Crippen LogP contribution in [0.4, 0.5) is 0 Å². The molecule has 0 aliphatic carbocycles. The lowest BCUT2D eigenvalue weighted by atomic mass is 9.99. The van der Waals surface area contributed by atoms with Gasteiger partial charge in [0.25, 0.3) is 0 Å². The van der Waals surface area contributed by atoms with Crippen LogP contribution in [-0.2, 0) is 4.79 Å². The van der Waals surface area contributed by atoms with E-state index in [9.17, 15) is 4.79 Å². The molecule has 1 N–H and O–H groups in total. The molecule has 2 rings (SSSR count). The first-order valence-electron chi connectivity index (χ1n) is 8.10. The largest absolute Gasteiger partial charge is 0.348 e. The van der Waals surface area contributed by atoms with Crippen molar-refractivity contribution in [2.45, 2.75) is 50.3 Å². The van der Waals surface area contributed by atoms with Crippen LogP contribution < -0.4 is 5.32 Å². The van der Waals surface area contributed by atoms with E-state index in [1.807, 2.05) is 37.3 Å². The first kappa shape index (κ1) is 17.6. The van der Waals surface area contributed by atoms with E-state index in [0.29, 0.717) is 0 Å². The molecule has 23 heavy (non-hydrogen) atoms. The van der Waals surface area contributed by atoms with Gasteiger partial charge in [0.15, 0.2) is 0 Å². The van der Waals surface area contributed by atoms with Crippen molar-refractivity contribution in [2.75, 3.05) is 0 Å². The van der Waals surface area contributed by atoms with Crippen molar-refractivity contribution < 1.29 is 4.79 Å². The Morgan fingerprint density at radius 1 is 1.09 bits per heavy atom. The molecular weight excluding hydrogens is 302 g/mol. The number of thioether (sulfide) groups is 1. The first-order valence-corrected chi connectivity index (χ1v) is 8.98. The summed E-state index contributed by atoms with van der Waals surface area (Å²) < 4.78 is 0. The number of rotatable bonds is 6. The van der Waals surface area contributed by atoms with Gasteiger partial charge in [0.2, 0.25) is 5.91 Å². The summed E-state index contributed by atoms with van der Waals surface area (Å²) in [6.45, 7) is 8.29. The SMILES string of the molecule is CC[C@@H](NC(=O)[C@@H](C)Sc1ccccc1)c1ccc(C)c(C)c1. The summed E-state index contributed by atoms with van der Waals surface area (Å²) in [6.07, 6.45) is 0.886. The lowest BCUT2D eigenvalue weighted by molar-refractivity contribution is -0.121. The van der Waals surface area contributed by atoms with E-state index in [-0.39, 0.29) is 17.2 Å². The molecule has 0 bridgehead atoms. The third-order valence-corrected chi connectivity index (χ3v) is 5.20. The Hall–Kier alpha value is -1.74. The minimum atomic E-state index is -0.113. The fourth-order valence-corrected chi connectivity index (χ4v) is 3.35. The fraction of sp³-hybridized carbons (Fsp3) is 0.350. The van der Waals surface area contributed by atoms with Crippen molar-refractivity contribution >= 4 is 17.7 Å². The smallest absolute Gasteiger partial charge is 0.233 e. The van der Waals surface area contributed by atoms with E-state index in [1.165, 1.54) is 16.7 Å². The molecule has 0 spiro atoms. The van der Waals surface area contributed by atoms with Crippen LogP contribution in [0.25, 0.3) is 0 Å². The maximum atomic E-state index is 12.5. The van der Waals surface area contributed by atoms with Gasteiger partial charge in [-0.2, -0.15) is 0 Å². The fourth-order valence-electron chi connectivity index (χ4n) is 2.45. The molecule has 2 atom stereocenters. The molecule has 0 fully saturated rings. The second-order valence-electron chi connectivity index (χ2n) is 5.89. The van der Waals surface area contributed by atoms with Crippen molar-refractivity contribution in [3.05, 3.63) is 65.2 Å². The summed E-state index contributed by atoms with van der Waals surface area (Å²) in [5.74, 6) is 0.0870. The summed E-state index contributed by atoms with van der Waals surface area (Å²) in [7, 11) is 0. The Morgan fingerprint density at radius 2 is 1.78 bits per heavy atom. The molecule has 0 aliphatic rings. The topological polar surface area (TPSA) is 29.1 Å². The summed E-state index contributed by atoms with van der Waals surface area (Å²) in [6, 6.07) is 16.5. The number of carbonyl (C=O) groups excluding carboxylic acids is 1. The van der Waals surface area contributed by atoms with Crippen LogP contribution in [0.15, 0.2) is 53.4 Å². The van der Waals surface area contributed by atoms with E-state index in [2.05, 4.69) is 44.3 Å². The van der Waals surface area contributed by atoms with Crippen molar-refractivity contribution in [3.8, 4) is 0 Å². The Morgan fingerprint density at radius 3 is 2.39 bits per heavy atom. The quantitative estimate of drug-likeness (QED) is 0.752. The zero-order valence-electron chi connectivity index (χ0n) is 14.3. The molecule has 2 nitrogen and oxygen atoms in total. The van der Waals surface area contributed by atoms with Crippen molar-refractivity contribution in [3.63, 3.8) is 0 Å². The van der Waals surface area contributed by atoms with Crippen LogP contribution >= 0.6 is 11.8 Å². The minimum absolute atomic E-state index is 0.0700. The molecule has 0 unspecified atom stereocenters. The Balaban J connectivity index is 2.02. The highest BCUT2D eigenvalue weighted by Gasteiger charge is 2.19. The summed E-state index contributed by atoms with van der Waals surface area (Å²) in [5, 5.41) is 3.08. The number of hydrogen-bond donors (Lipinski definition) is 1. The predicted octanol–water partition coefficient (Wildman–Crippen LogP) is 5.05. The molecule has 0 heterocycles. The number of nitrogens with one attached hydrogen (secondary N) is 1. The first-order chi connectivity index (χ1) is 11.0. The number of hydrogen-bond acceptors (Lipinski definition) is 2. The number of amides is 1. The second kappa shape index (κ2) is 8.21. The molecule has 0 aliphatic heterocycles. The van der Waals surface area contributed by atoms with Gasteiger partial charge in [-0.25, -0.2) is 0 Å². The number of benzene rings is 2. The maximum Gasteiger partial charge on any atom is 0.233 e. The van der Waals surface area contributed by atoms with Gasteiger partial charge >= 0.3 is 0 Å². The number of carbonyl (C=O) groups is 1. The van der Waals surface area contributed by atoms with Crippen LogP contribution in [-0.4, -0.2) is 11.2 Å². The molecular formula is C20H25NOS. The van der Waals surface area contributed by atoms with Gasteiger partial charge in [0.1, 0.15) is 0 Å². The van der Waals surface area contributed by atoms with Crippen molar-refractivity contribution in [1.82, 2.24) is 5.32 Å². The van der Waals surface area contributed by atoms with Crippen LogP contribution in [0.5, 0.6) is 0 Å². The highest BCUT2D eigenvalue weighted by molar-refractivity contribution is 8.00. The van der Waals surface area contributed by atoms with Crippen LogP contribution in [0, 0.1) is 13.8 Å². The Labute approximate surface area is 143 Å². The van der Waals surface area contributed by atoms with Gasteiger partial charge in [-0.1, -0.05) is 43.3 Å². The van der Waals surface area contributed by atoms with Gasteiger partial charge < -0.3 is 5.32 Å². The second-order valence-corrected chi connectivity index (χ2v) is 7.30. The highest BCUT2D eigenvalue weighted by atomic mass is 32.2. The Bertz CT molecular complexity index is 654. The number of aryl methyl sites for hydroxylation is 2. The highest BCUT2D eigenvalue weighted by Crippen LogP contribution is 2.25. The molecule has 1 amide bonds. The monoisotopic (exact) mass is 327 g/mol. The van der Waals surface area contributed by atoms with Crippen molar-refractivity contribution in [2.24, 2.45) is 0 Å². The molecule has 2 aromatic carbocycles. The zero-order chi connectivity index (χ0) is 16.8. The maximum absolute atomic E-state index is 12.5. The van der Waals surface area contributed by atoms with Gasteiger partial charge in [-0.05, 0) is 56.0 Å². The van der Waals surface area contributed by atoms with Crippen LogP contribution in [0.3, 0.4) is 0 Å². The van der Waals surface area contributed by atoms with E-state index in [1.54, 1.807) is 11.8 Å². The lowest BCUT2D eigenvalue weighted by Crippen LogP contribution is -2.34. The van der Waals surface area contributed by atoms with Crippen LogP contribution in [0.2, 0.25) is 0 Å². The standard InChI is InChI=1S/C20H25NOS/c1-5-19(17-12-11-14(2)15(3)13-17)21-20(22)16(4)23-18-9-7-6-8-10-18/h6-13,16,19H,5H2,1-4H3,(H,21,22)/t16-,19-/m1/s1. The molecule has 122 valence electrons.